The van der Waals surface area contributed by atoms with Gasteiger partial charge in [0, 0.05) is 6.04 Å². The minimum absolute atomic E-state index is 0.00382. The van der Waals surface area contributed by atoms with Gasteiger partial charge in [-0.2, -0.15) is 0 Å². The van der Waals surface area contributed by atoms with Gasteiger partial charge >= 0.3 is 5.97 Å². The van der Waals surface area contributed by atoms with Gasteiger partial charge in [0.1, 0.15) is 6.04 Å². The second-order valence-electron chi connectivity index (χ2n) is 7.69. The number of carbonyl (C=O) groups is 2. The quantitative estimate of drug-likeness (QED) is 0.900. The molecule has 1 aliphatic carbocycles. The fourth-order valence-corrected chi connectivity index (χ4v) is 4.63. The Labute approximate surface area is 158 Å². The molecule has 2 aromatic rings. The lowest BCUT2D eigenvalue weighted by atomic mass is 9.84. The maximum absolute atomic E-state index is 13.3. The number of benzene rings is 1. The Morgan fingerprint density at radius 1 is 1.19 bits per heavy atom. The molecule has 1 aromatic carbocycles. The van der Waals surface area contributed by atoms with E-state index in [2.05, 4.69) is 10.3 Å². The molecule has 1 saturated heterocycles. The van der Waals surface area contributed by atoms with Crippen LogP contribution in [-0.4, -0.2) is 49.0 Å². The van der Waals surface area contributed by atoms with Crippen molar-refractivity contribution in [3.63, 3.8) is 0 Å². The van der Waals surface area contributed by atoms with Crippen molar-refractivity contribution in [2.24, 2.45) is 5.92 Å². The summed E-state index contributed by atoms with van der Waals surface area (Å²) in [6, 6.07) is 7.04. The molecule has 2 fully saturated rings. The molecule has 1 saturated carbocycles. The van der Waals surface area contributed by atoms with Gasteiger partial charge < -0.3 is 10.0 Å². The van der Waals surface area contributed by atoms with Crippen LogP contribution >= 0.6 is 0 Å². The van der Waals surface area contributed by atoms with Gasteiger partial charge in [-0.05, 0) is 56.7 Å². The number of aromatic nitrogens is 3. The Kier molecular flexibility index (Phi) is 4.45. The summed E-state index contributed by atoms with van der Waals surface area (Å²) in [6.45, 7) is 3.80. The molecule has 7 heteroatoms. The van der Waals surface area contributed by atoms with Crippen LogP contribution in [0.25, 0.3) is 5.69 Å². The van der Waals surface area contributed by atoms with E-state index in [9.17, 15) is 14.7 Å². The molecule has 7 nitrogen and oxygen atoms in total. The average molecular weight is 368 g/mol. The third-order valence-electron chi connectivity index (χ3n) is 5.95. The van der Waals surface area contributed by atoms with Crippen molar-refractivity contribution in [3.8, 4) is 5.69 Å². The zero-order valence-corrected chi connectivity index (χ0v) is 15.6. The standard InChI is InChI=1S/C20H24N4O3/c1-12-6-5-8-15(10-12)24-13(2)18(21-22-24)19(25)23-16-9-4-3-7-14(16)11-17(23)20(26)27/h5-6,8,10,14,16-17H,3-4,7,9,11H2,1-2H3,(H,26,27). The van der Waals surface area contributed by atoms with Gasteiger partial charge in [-0.3, -0.25) is 4.79 Å². The summed E-state index contributed by atoms with van der Waals surface area (Å²) in [5.41, 5.74) is 2.81. The zero-order valence-electron chi connectivity index (χ0n) is 15.6. The predicted octanol–water partition coefficient (Wildman–Crippen LogP) is 2.74. The number of hydrogen-bond donors (Lipinski definition) is 1. The Balaban J connectivity index is 1.69. The molecule has 0 radical (unpaired) electrons. The van der Waals surface area contributed by atoms with E-state index >= 15 is 0 Å². The van der Waals surface area contributed by atoms with E-state index in [4.69, 9.17) is 0 Å². The monoisotopic (exact) mass is 368 g/mol. The lowest BCUT2D eigenvalue weighted by Gasteiger charge is -2.32. The van der Waals surface area contributed by atoms with Crippen LogP contribution < -0.4 is 0 Å². The molecule has 1 aliphatic heterocycles. The zero-order chi connectivity index (χ0) is 19.1. The number of carbonyl (C=O) groups excluding carboxylic acids is 1. The molecule has 3 atom stereocenters. The van der Waals surface area contributed by atoms with Crippen LogP contribution in [0.4, 0.5) is 0 Å². The fourth-order valence-electron chi connectivity index (χ4n) is 4.63. The lowest BCUT2D eigenvalue weighted by Crippen LogP contribution is -2.46. The first-order valence-electron chi connectivity index (χ1n) is 9.52. The molecular formula is C20H24N4O3. The number of likely N-dealkylation sites (tertiary alicyclic amines) is 1. The number of rotatable bonds is 3. The Hall–Kier alpha value is -2.70. The van der Waals surface area contributed by atoms with Gasteiger partial charge in [-0.1, -0.05) is 30.2 Å². The van der Waals surface area contributed by atoms with Crippen molar-refractivity contribution in [2.75, 3.05) is 0 Å². The molecule has 0 bridgehead atoms. The minimum Gasteiger partial charge on any atom is -0.480 e. The molecule has 3 unspecified atom stereocenters. The summed E-state index contributed by atoms with van der Waals surface area (Å²) in [4.78, 5) is 26.7. The number of fused-ring (bicyclic) bond motifs is 1. The largest absolute Gasteiger partial charge is 0.480 e. The van der Waals surface area contributed by atoms with E-state index in [0.29, 0.717) is 12.1 Å². The van der Waals surface area contributed by atoms with Crippen LogP contribution in [-0.2, 0) is 4.79 Å². The molecule has 27 heavy (non-hydrogen) atoms. The molecule has 1 amide bonds. The molecule has 1 N–H and O–H groups in total. The highest BCUT2D eigenvalue weighted by Gasteiger charge is 2.48. The third kappa shape index (κ3) is 3.01. The lowest BCUT2D eigenvalue weighted by molar-refractivity contribution is -0.141. The van der Waals surface area contributed by atoms with Gasteiger partial charge in [-0.25, -0.2) is 9.48 Å². The van der Waals surface area contributed by atoms with E-state index in [-0.39, 0.29) is 23.6 Å². The smallest absolute Gasteiger partial charge is 0.326 e. The third-order valence-corrected chi connectivity index (χ3v) is 5.95. The minimum atomic E-state index is -0.929. The second-order valence-corrected chi connectivity index (χ2v) is 7.69. The van der Waals surface area contributed by atoms with Crippen molar-refractivity contribution in [2.45, 2.75) is 58.0 Å². The summed E-state index contributed by atoms with van der Waals surface area (Å²) in [6.07, 6.45) is 4.54. The van der Waals surface area contributed by atoms with Crippen molar-refractivity contribution in [3.05, 3.63) is 41.2 Å². The summed E-state index contributed by atoms with van der Waals surface area (Å²) < 4.78 is 1.64. The van der Waals surface area contributed by atoms with Crippen molar-refractivity contribution < 1.29 is 14.7 Å². The number of carboxylic acids is 1. The molecule has 2 heterocycles. The van der Waals surface area contributed by atoms with E-state index in [1.54, 1.807) is 16.5 Å². The molecule has 142 valence electrons. The highest BCUT2D eigenvalue weighted by Crippen LogP contribution is 2.40. The second kappa shape index (κ2) is 6.79. The summed E-state index contributed by atoms with van der Waals surface area (Å²) in [7, 11) is 0. The molecule has 4 rings (SSSR count). The first-order valence-corrected chi connectivity index (χ1v) is 9.52. The van der Waals surface area contributed by atoms with E-state index in [1.165, 1.54) is 0 Å². The maximum atomic E-state index is 13.3. The normalized spacial score (nSPS) is 24.7. The molecular weight excluding hydrogens is 344 g/mol. The van der Waals surface area contributed by atoms with Crippen molar-refractivity contribution in [1.82, 2.24) is 19.9 Å². The molecule has 2 aliphatic rings. The maximum Gasteiger partial charge on any atom is 0.326 e. The van der Waals surface area contributed by atoms with Crippen LogP contribution in [0.3, 0.4) is 0 Å². The first-order chi connectivity index (χ1) is 13.0. The van der Waals surface area contributed by atoms with Crippen LogP contribution in [0.2, 0.25) is 0 Å². The number of carboxylic acid groups (broad SMARTS) is 1. The number of hydrogen-bond acceptors (Lipinski definition) is 4. The van der Waals surface area contributed by atoms with E-state index in [0.717, 1.165) is 36.9 Å². The van der Waals surface area contributed by atoms with Crippen molar-refractivity contribution >= 4 is 11.9 Å². The van der Waals surface area contributed by atoms with Gasteiger partial charge in [-0.15, -0.1) is 5.10 Å². The topological polar surface area (TPSA) is 88.3 Å². The van der Waals surface area contributed by atoms with Gasteiger partial charge in [0.25, 0.3) is 5.91 Å². The number of aryl methyl sites for hydroxylation is 1. The van der Waals surface area contributed by atoms with Gasteiger partial charge in [0.15, 0.2) is 5.69 Å². The van der Waals surface area contributed by atoms with Gasteiger partial charge in [0.2, 0.25) is 0 Å². The SMILES string of the molecule is Cc1cccc(-n2nnc(C(=O)N3C(C(=O)O)CC4CCCCC43)c2C)c1. The Morgan fingerprint density at radius 2 is 1.96 bits per heavy atom. The fraction of sp³-hybridized carbons (Fsp3) is 0.500. The first kappa shape index (κ1) is 17.7. The van der Waals surface area contributed by atoms with Crippen LogP contribution in [0, 0.1) is 19.8 Å². The molecule has 0 spiro atoms. The van der Waals surface area contributed by atoms with Crippen LogP contribution in [0.15, 0.2) is 24.3 Å². The number of aliphatic carboxylic acids is 1. The Bertz CT molecular complexity index is 891. The number of nitrogens with zero attached hydrogens (tertiary/aromatic N) is 4. The van der Waals surface area contributed by atoms with E-state index < -0.39 is 12.0 Å². The summed E-state index contributed by atoms with van der Waals surface area (Å²) >= 11 is 0. The predicted molar refractivity (Wildman–Crippen MR) is 98.8 cm³/mol. The van der Waals surface area contributed by atoms with E-state index in [1.807, 2.05) is 31.2 Å². The molecule has 1 aromatic heterocycles. The number of amides is 1. The van der Waals surface area contributed by atoms with Crippen molar-refractivity contribution in [1.29, 1.82) is 0 Å². The summed E-state index contributed by atoms with van der Waals surface area (Å²) in [5, 5.41) is 18.0. The summed E-state index contributed by atoms with van der Waals surface area (Å²) in [5.74, 6) is -0.967. The van der Waals surface area contributed by atoms with Crippen LogP contribution in [0.5, 0.6) is 0 Å². The highest BCUT2D eigenvalue weighted by atomic mass is 16.4. The Morgan fingerprint density at radius 3 is 2.70 bits per heavy atom. The van der Waals surface area contributed by atoms with Gasteiger partial charge in [0.05, 0.1) is 11.4 Å². The highest BCUT2D eigenvalue weighted by molar-refractivity contribution is 5.96. The average Bonchev–Trinajstić information content (AvgIpc) is 3.22. The van der Waals surface area contributed by atoms with Crippen LogP contribution in [0.1, 0.15) is 53.8 Å².